The molecule has 6 rings (SSSR count). The molecular weight excluding hydrogens is 515 g/mol. The van der Waals surface area contributed by atoms with Crippen LogP contribution in [0.15, 0.2) is 48.5 Å². The number of hydrogen-bond acceptors (Lipinski definition) is 7. The van der Waals surface area contributed by atoms with Crippen molar-refractivity contribution in [2.45, 2.75) is 31.3 Å². The highest BCUT2D eigenvalue weighted by atomic mass is 35.5. The molecule has 3 aromatic rings. The van der Waals surface area contributed by atoms with Gasteiger partial charge in [0.15, 0.2) is 0 Å². The molecule has 0 N–H and O–H groups in total. The van der Waals surface area contributed by atoms with Crippen molar-refractivity contribution in [2.75, 3.05) is 37.6 Å². The Labute approximate surface area is 224 Å². The zero-order valence-corrected chi connectivity index (χ0v) is 21.7. The number of hydrogen-bond donors (Lipinski definition) is 0. The first-order valence-electron chi connectivity index (χ1n) is 12.5. The molecule has 1 aliphatic carbocycles. The molecule has 1 atom stereocenters. The summed E-state index contributed by atoms with van der Waals surface area (Å²) in [5.41, 5.74) is 2.50. The van der Waals surface area contributed by atoms with Crippen LogP contribution in [0, 0.1) is 0 Å². The van der Waals surface area contributed by atoms with Gasteiger partial charge in [-0.3, -0.25) is 4.90 Å². The summed E-state index contributed by atoms with van der Waals surface area (Å²) in [5, 5.41) is 5.44. The van der Waals surface area contributed by atoms with Crippen molar-refractivity contribution in [2.24, 2.45) is 0 Å². The van der Waals surface area contributed by atoms with Gasteiger partial charge >= 0.3 is 11.9 Å². The van der Waals surface area contributed by atoms with Gasteiger partial charge < -0.3 is 14.4 Å². The van der Waals surface area contributed by atoms with E-state index in [1.807, 2.05) is 12.1 Å². The fourth-order valence-corrected chi connectivity index (χ4v) is 5.94. The van der Waals surface area contributed by atoms with Gasteiger partial charge in [-0.15, -0.1) is 5.10 Å². The third-order valence-corrected chi connectivity index (χ3v) is 8.26. The molecule has 1 fully saturated rings. The Bertz CT molecular complexity index is 1350. The van der Waals surface area contributed by atoms with Crippen molar-refractivity contribution in [1.29, 1.82) is 0 Å². The van der Waals surface area contributed by atoms with Gasteiger partial charge in [-0.25, -0.2) is 14.3 Å². The summed E-state index contributed by atoms with van der Waals surface area (Å²) in [6.07, 6.45) is 2.64. The molecule has 0 spiro atoms. The van der Waals surface area contributed by atoms with E-state index in [0.29, 0.717) is 40.6 Å². The number of anilines is 1. The number of halogens is 2. The SMILES string of the molecule is O=C1Oc2nn(-c3ccc(Cl)c(Cl)c3)c3c2C(CCN2CCN(c4ccccc4)CC2)(CCC3)OC1=O. The van der Waals surface area contributed by atoms with Crippen molar-refractivity contribution in [1.82, 2.24) is 14.7 Å². The van der Waals surface area contributed by atoms with E-state index in [1.54, 1.807) is 16.8 Å². The lowest BCUT2D eigenvalue weighted by molar-refractivity contribution is -0.174. The molecule has 3 aliphatic rings. The Hall–Kier alpha value is -3.07. The van der Waals surface area contributed by atoms with Crippen LogP contribution in [-0.2, 0) is 26.3 Å². The van der Waals surface area contributed by atoms with E-state index >= 15 is 0 Å². The lowest BCUT2D eigenvalue weighted by Gasteiger charge is -2.40. The number of nitrogens with zero attached hydrogens (tertiary/aromatic N) is 4. The van der Waals surface area contributed by atoms with E-state index in [0.717, 1.165) is 44.8 Å². The minimum absolute atomic E-state index is 0.130. The first-order valence-corrected chi connectivity index (χ1v) is 13.2. The normalized spacial score (nSPS) is 21.7. The maximum absolute atomic E-state index is 12.6. The van der Waals surface area contributed by atoms with Gasteiger partial charge in [0.05, 0.1) is 27.0 Å². The quantitative estimate of drug-likeness (QED) is 0.351. The Kier molecular flexibility index (Phi) is 6.34. The molecular formula is C27H26Cl2N4O4. The van der Waals surface area contributed by atoms with Gasteiger partial charge in [0, 0.05) is 44.8 Å². The number of aromatic nitrogens is 2. The van der Waals surface area contributed by atoms with E-state index < -0.39 is 17.5 Å². The summed E-state index contributed by atoms with van der Waals surface area (Å²) in [7, 11) is 0. The predicted molar refractivity (Wildman–Crippen MR) is 140 cm³/mol. The minimum atomic E-state index is -1.05. The van der Waals surface area contributed by atoms with Gasteiger partial charge in [-0.2, -0.15) is 0 Å². The second kappa shape index (κ2) is 9.67. The topological polar surface area (TPSA) is 76.9 Å². The van der Waals surface area contributed by atoms with Gasteiger partial charge in [0.1, 0.15) is 5.60 Å². The average molecular weight is 541 g/mol. The maximum Gasteiger partial charge on any atom is 0.424 e. The van der Waals surface area contributed by atoms with Gasteiger partial charge in [0.2, 0.25) is 5.88 Å². The van der Waals surface area contributed by atoms with Crippen LogP contribution >= 0.6 is 23.2 Å². The van der Waals surface area contributed by atoms with Crippen LogP contribution in [0.5, 0.6) is 5.88 Å². The number of carbonyl (C=O) groups is 2. The highest BCUT2D eigenvalue weighted by Crippen LogP contribution is 2.48. The second-order valence-electron chi connectivity index (χ2n) is 9.68. The number of piperazine rings is 1. The average Bonchev–Trinajstić information content (AvgIpc) is 3.24. The fourth-order valence-electron chi connectivity index (χ4n) is 5.65. The summed E-state index contributed by atoms with van der Waals surface area (Å²) < 4.78 is 13.1. The number of benzene rings is 2. The Morgan fingerprint density at radius 3 is 2.46 bits per heavy atom. The van der Waals surface area contributed by atoms with Crippen LogP contribution in [0.25, 0.3) is 5.69 Å². The van der Waals surface area contributed by atoms with Crippen LogP contribution in [0.1, 0.15) is 30.5 Å². The van der Waals surface area contributed by atoms with Crippen molar-refractivity contribution in [3.05, 3.63) is 69.8 Å². The van der Waals surface area contributed by atoms with Crippen molar-refractivity contribution >= 4 is 40.8 Å². The first kappa shape index (κ1) is 24.3. The van der Waals surface area contributed by atoms with Crippen molar-refractivity contribution in [3.63, 3.8) is 0 Å². The highest BCUT2D eigenvalue weighted by Gasteiger charge is 2.50. The zero-order chi connectivity index (χ0) is 25.6. The van der Waals surface area contributed by atoms with Crippen molar-refractivity contribution < 1.29 is 19.1 Å². The molecule has 8 nitrogen and oxygen atoms in total. The summed E-state index contributed by atoms with van der Waals surface area (Å²) in [6, 6.07) is 15.6. The fraction of sp³-hybridized carbons (Fsp3) is 0.370. The highest BCUT2D eigenvalue weighted by molar-refractivity contribution is 6.42. The third kappa shape index (κ3) is 4.47. The second-order valence-corrected chi connectivity index (χ2v) is 10.5. The van der Waals surface area contributed by atoms with Crippen LogP contribution in [0.2, 0.25) is 10.0 Å². The first-order chi connectivity index (χ1) is 17.9. The number of carbonyl (C=O) groups excluding carboxylic acids is 2. The third-order valence-electron chi connectivity index (χ3n) is 7.52. The maximum atomic E-state index is 12.6. The van der Waals surface area contributed by atoms with E-state index in [1.165, 1.54) is 5.69 Å². The molecule has 0 amide bonds. The van der Waals surface area contributed by atoms with E-state index in [9.17, 15) is 9.59 Å². The molecule has 0 bridgehead atoms. The Balaban J connectivity index is 1.28. The van der Waals surface area contributed by atoms with Gasteiger partial charge in [0.25, 0.3) is 0 Å². The molecule has 0 radical (unpaired) electrons. The minimum Gasteiger partial charge on any atom is -0.445 e. The number of esters is 2. The molecule has 1 aromatic heterocycles. The summed E-state index contributed by atoms with van der Waals surface area (Å²) in [4.78, 5) is 29.8. The van der Waals surface area contributed by atoms with Gasteiger partial charge in [-0.05, 0) is 49.6 Å². The monoisotopic (exact) mass is 540 g/mol. The van der Waals surface area contributed by atoms with Crippen LogP contribution < -0.4 is 9.64 Å². The smallest absolute Gasteiger partial charge is 0.424 e. The van der Waals surface area contributed by atoms with Crippen LogP contribution in [-0.4, -0.2) is 59.3 Å². The molecule has 2 aromatic carbocycles. The molecule has 1 unspecified atom stereocenters. The van der Waals surface area contributed by atoms with Crippen LogP contribution in [0.4, 0.5) is 5.69 Å². The van der Waals surface area contributed by atoms with Crippen molar-refractivity contribution in [3.8, 4) is 11.6 Å². The van der Waals surface area contributed by atoms with E-state index in [2.05, 4.69) is 39.2 Å². The Morgan fingerprint density at radius 1 is 0.919 bits per heavy atom. The summed E-state index contributed by atoms with van der Waals surface area (Å²) in [5.74, 6) is -1.89. The van der Waals surface area contributed by atoms with Crippen LogP contribution in [0.3, 0.4) is 0 Å². The van der Waals surface area contributed by atoms with E-state index in [-0.39, 0.29) is 5.88 Å². The molecule has 1 saturated heterocycles. The summed E-state index contributed by atoms with van der Waals surface area (Å²) in [6.45, 7) is 4.36. The van der Waals surface area contributed by atoms with Gasteiger partial charge in [-0.1, -0.05) is 41.4 Å². The summed E-state index contributed by atoms with van der Waals surface area (Å²) >= 11 is 12.4. The number of rotatable bonds is 5. The largest absolute Gasteiger partial charge is 0.445 e. The number of ether oxygens (including phenoxy) is 2. The lowest BCUT2D eigenvalue weighted by atomic mass is 9.79. The molecule has 37 heavy (non-hydrogen) atoms. The van der Waals surface area contributed by atoms with E-state index in [4.69, 9.17) is 32.7 Å². The Morgan fingerprint density at radius 2 is 1.70 bits per heavy atom. The number of para-hydroxylation sites is 1. The molecule has 192 valence electrons. The lowest BCUT2D eigenvalue weighted by Crippen LogP contribution is -2.48. The molecule has 0 saturated carbocycles. The standard InChI is InChI=1S/C27H26Cl2N4O4/c28-20-9-8-19(17-21(20)29)33-22-7-4-10-27(23(22)24(30-33)36-25(34)26(35)37-27)11-12-31-13-15-32(16-14-31)18-5-2-1-3-6-18/h1-3,5-6,8-9,17H,4,7,10-16H2. The predicted octanol–water partition coefficient (Wildman–Crippen LogP) is 4.39. The molecule has 3 heterocycles. The zero-order valence-electron chi connectivity index (χ0n) is 20.2. The molecule has 10 heteroatoms. The molecule has 2 aliphatic heterocycles.